The normalized spacial score (nSPS) is 16.8. The minimum absolute atomic E-state index is 0.132. The molecule has 1 saturated heterocycles. The lowest BCUT2D eigenvalue weighted by molar-refractivity contribution is -0.138. The number of nitrogens with one attached hydrogen (secondary N) is 1. The van der Waals surface area contributed by atoms with Gasteiger partial charge in [0.05, 0.1) is 28.4 Å². The van der Waals surface area contributed by atoms with Crippen molar-refractivity contribution >= 4 is 34.4 Å². The van der Waals surface area contributed by atoms with Gasteiger partial charge in [0.25, 0.3) is 5.91 Å². The van der Waals surface area contributed by atoms with Gasteiger partial charge in [-0.15, -0.1) is 0 Å². The van der Waals surface area contributed by atoms with Crippen molar-refractivity contribution in [2.24, 2.45) is 0 Å². The van der Waals surface area contributed by atoms with Gasteiger partial charge < -0.3 is 10.2 Å². The standard InChI is InChI=1S/C21H18ClF3N4O/c1-12-2-4-16(21(23,24)25)15(8-12)20(30)29-7-6-14(11-29)27-19-10-26-18-9-13(22)3-5-17(18)28-19/h2-5,8-10,14H,6-7,11H2,1H3,(H,27,28)/t14-/m1/s1. The molecule has 30 heavy (non-hydrogen) atoms. The summed E-state index contributed by atoms with van der Waals surface area (Å²) in [6, 6.07) is 8.68. The Bertz CT molecular complexity index is 1120. The Kier molecular flexibility index (Phi) is 5.27. The molecule has 0 spiro atoms. The van der Waals surface area contributed by atoms with E-state index < -0.39 is 17.6 Å². The number of nitrogens with zero attached hydrogens (tertiary/aromatic N) is 3. The first-order chi connectivity index (χ1) is 14.2. The molecular weight excluding hydrogens is 417 g/mol. The number of carbonyl (C=O) groups excluding carboxylic acids is 1. The maximum absolute atomic E-state index is 13.3. The van der Waals surface area contributed by atoms with E-state index in [9.17, 15) is 18.0 Å². The fourth-order valence-corrected chi connectivity index (χ4v) is 3.74. The van der Waals surface area contributed by atoms with Crippen molar-refractivity contribution in [3.63, 3.8) is 0 Å². The lowest BCUT2D eigenvalue weighted by atomic mass is 10.0. The van der Waals surface area contributed by atoms with Crippen molar-refractivity contribution in [3.05, 3.63) is 64.3 Å². The second kappa shape index (κ2) is 7.75. The molecule has 1 N–H and O–H groups in total. The molecule has 1 aliphatic rings. The van der Waals surface area contributed by atoms with Crippen molar-refractivity contribution < 1.29 is 18.0 Å². The van der Waals surface area contributed by atoms with Gasteiger partial charge in [-0.25, -0.2) is 4.98 Å². The molecule has 2 aromatic carbocycles. The maximum atomic E-state index is 13.3. The Hall–Kier alpha value is -2.87. The fourth-order valence-electron chi connectivity index (χ4n) is 3.58. The molecule has 0 unspecified atom stereocenters. The van der Waals surface area contributed by atoms with Gasteiger partial charge in [-0.2, -0.15) is 13.2 Å². The number of alkyl halides is 3. The number of hydrogen-bond acceptors (Lipinski definition) is 4. The highest BCUT2D eigenvalue weighted by atomic mass is 35.5. The molecule has 1 fully saturated rings. The smallest absolute Gasteiger partial charge is 0.364 e. The summed E-state index contributed by atoms with van der Waals surface area (Å²) < 4.78 is 40.0. The lowest BCUT2D eigenvalue weighted by Gasteiger charge is -2.20. The van der Waals surface area contributed by atoms with Gasteiger partial charge in [-0.3, -0.25) is 9.78 Å². The molecule has 1 aliphatic heterocycles. The molecule has 1 amide bonds. The number of halogens is 4. The SMILES string of the molecule is Cc1ccc(C(F)(F)F)c(C(=O)N2CC[C@@H](Nc3cnc4cc(Cl)ccc4n3)C2)c1. The maximum Gasteiger partial charge on any atom is 0.417 e. The van der Waals surface area contributed by atoms with Crippen LogP contribution in [0.4, 0.5) is 19.0 Å². The number of hydrogen-bond donors (Lipinski definition) is 1. The van der Waals surface area contributed by atoms with E-state index in [1.54, 1.807) is 31.3 Å². The number of likely N-dealkylation sites (tertiary alicyclic amines) is 1. The van der Waals surface area contributed by atoms with Crippen LogP contribution in [0.15, 0.2) is 42.6 Å². The molecule has 1 atom stereocenters. The zero-order valence-corrected chi connectivity index (χ0v) is 16.8. The number of benzene rings is 2. The number of aryl methyl sites for hydroxylation is 1. The highest BCUT2D eigenvalue weighted by molar-refractivity contribution is 6.31. The fraction of sp³-hybridized carbons (Fsp3) is 0.286. The van der Waals surface area contributed by atoms with E-state index in [1.165, 1.54) is 17.0 Å². The van der Waals surface area contributed by atoms with Crippen LogP contribution in [0.1, 0.15) is 27.9 Å². The minimum Gasteiger partial charge on any atom is -0.364 e. The van der Waals surface area contributed by atoms with Crippen molar-refractivity contribution in [3.8, 4) is 0 Å². The Balaban J connectivity index is 1.49. The van der Waals surface area contributed by atoms with Gasteiger partial charge in [-0.1, -0.05) is 23.2 Å². The topological polar surface area (TPSA) is 58.1 Å². The van der Waals surface area contributed by atoms with Crippen LogP contribution in [0.5, 0.6) is 0 Å². The molecule has 0 radical (unpaired) electrons. The van der Waals surface area contributed by atoms with Gasteiger partial charge in [-0.05, 0) is 43.7 Å². The van der Waals surface area contributed by atoms with Crippen molar-refractivity contribution in [1.29, 1.82) is 0 Å². The van der Waals surface area contributed by atoms with Crippen LogP contribution in [0.25, 0.3) is 11.0 Å². The molecular formula is C21H18ClF3N4O. The monoisotopic (exact) mass is 434 g/mol. The molecule has 0 bridgehead atoms. The van der Waals surface area contributed by atoms with Gasteiger partial charge >= 0.3 is 6.18 Å². The number of anilines is 1. The van der Waals surface area contributed by atoms with E-state index in [4.69, 9.17) is 11.6 Å². The summed E-state index contributed by atoms with van der Waals surface area (Å²) in [6.07, 6.45) is -2.41. The van der Waals surface area contributed by atoms with Crippen LogP contribution >= 0.6 is 11.6 Å². The Morgan fingerprint density at radius 1 is 1.20 bits per heavy atom. The molecule has 0 aliphatic carbocycles. The van der Waals surface area contributed by atoms with Gasteiger partial charge in [0, 0.05) is 24.2 Å². The largest absolute Gasteiger partial charge is 0.417 e. The number of aromatic nitrogens is 2. The van der Waals surface area contributed by atoms with Gasteiger partial charge in [0.1, 0.15) is 5.82 Å². The molecule has 0 saturated carbocycles. The summed E-state index contributed by atoms with van der Waals surface area (Å²) in [5.41, 5.74) is 0.714. The first kappa shape index (κ1) is 20.4. The van der Waals surface area contributed by atoms with E-state index in [2.05, 4.69) is 15.3 Å². The van der Waals surface area contributed by atoms with E-state index in [0.717, 1.165) is 6.07 Å². The summed E-state index contributed by atoms with van der Waals surface area (Å²) >= 11 is 5.95. The second-order valence-corrected chi connectivity index (χ2v) is 7.75. The zero-order chi connectivity index (χ0) is 21.5. The van der Waals surface area contributed by atoms with Crippen LogP contribution < -0.4 is 5.32 Å². The minimum atomic E-state index is -4.58. The highest BCUT2D eigenvalue weighted by Crippen LogP contribution is 2.33. The molecule has 3 aromatic rings. The van der Waals surface area contributed by atoms with Crippen molar-refractivity contribution in [2.45, 2.75) is 25.6 Å². The van der Waals surface area contributed by atoms with Crippen LogP contribution in [-0.4, -0.2) is 39.9 Å². The first-order valence-electron chi connectivity index (χ1n) is 9.37. The zero-order valence-electron chi connectivity index (χ0n) is 16.0. The lowest BCUT2D eigenvalue weighted by Crippen LogP contribution is -2.33. The van der Waals surface area contributed by atoms with Crippen molar-refractivity contribution in [2.75, 3.05) is 18.4 Å². The number of fused-ring (bicyclic) bond motifs is 1. The Morgan fingerprint density at radius 2 is 2.00 bits per heavy atom. The molecule has 4 rings (SSSR count). The van der Waals surface area contributed by atoms with Crippen molar-refractivity contribution in [1.82, 2.24) is 14.9 Å². The number of amides is 1. The summed E-state index contributed by atoms with van der Waals surface area (Å²) in [6.45, 7) is 2.31. The molecule has 5 nitrogen and oxygen atoms in total. The summed E-state index contributed by atoms with van der Waals surface area (Å²) in [5, 5.41) is 3.78. The number of rotatable bonds is 3. The average Bonchev–Trinajstić information content (AvgIpc) is 3.15. The molecule has 156 valence electrons. The highest BCUT2D eigenvalue weighted by Gasteiger charge is 2.37. The second-order valence-electron chi connectivity index (χ2n) is 7.32. The predicted molar refractivity (Wildman–Crippen MR) is 109 cm³/mol. The third-order valence-electron chi connectivity index (χ3n) is 5.04. The molecule has 1 aromatic heterocycles. The third kappa shape index (κ3) is 4.18. The van der Waals surface area contributed by atoms with Crippen LogP contribution in [0, 0.1) is 6.92 Å². The Morgan fingerprint density at radius 3 is 2.77 bits per heavy atom. The van der Waals surface area contributed by atoms with Crippen LogP contribution in [-0.2, 0) is 6.18 Å². The molecule has 2 heterocycles. The Labute approximate surface area is 175 Å². The van der Waals surface area contributed by atoms with E-state index in [1.807, 2.05) is 0 Å². The van der Waals surface area contributed by atoms with E-state index in [-0.39, 0.29) is 18.2 Å². The molecule has 9 heteroatoms. The predicted octanol–water partition coefficient (Wildman–Crippen LogP) is 4.94. The third-order valence-corrected chi connectivity index (χ3v) is 5.28. The van der Waals surface area contributed by atoms with E-state index in [0.29, 0.717) is 40.4 Å². The summed E-state index contributed by atoms with van der Waals surface area (Å²) in [4.78, 5) is 23.1. The first-order valence-corrected chi connectivity index (χ1v) is 9.74. The van der Waals surface area contributed by atoms with Gasteiger partial charge in [0.2, 0.25) is 0 Å². The van der Waals surface area contributed by atoms with Crippen LogP contribution in [0.2, 0.25) is 5.02 Å². The van der Waals surface area contributed by atoms with Gasteiger partial charge in [0.15, 0.2) is 0 Å². The number of carbonyl (C=O) groups is 1. The van der Waals surface area contributed by atoms with Crippen LogP contribution in [0.3, 0.4) is 0 Å². The average molecular weight is 435 g/mol. The summed E-state index contributed by atoms with van der Waals surface area (Å²) in [7, 11) is 0. The quantitative estimate of drug-likeness (QED) is 0.634. The van der Waals surface area contributed by atoms with E-state index >= 15 is 0 Å². The summed E-state index contributed by atoms with van der Waals surface area (Å²) in [5.74, 6) is -0.0785.